The first-order valence-corrected chi connectivity index (χ1v) is 7.63. The second-order valence-corrected chi connectivity index (χ2v) is 5.92. The summed E-state index contributed by atoms with van der Waals surface area (Å²) in [5, 5.41) is 11.6. The molecule has 0 atom stereocenters. The van der Waals surface area contributed by atoms with Crippen LogP contribution in [0.15, 0.2) is 24.3 Å². The lowest BCUT2D eigenvalue weighted by molar-refractivity contribution is 0.0949. The second kappa shape index (κ2) is 6.14. The third-order valence-electron chi connectivity index (χ3n) is 3.35. The number of aryl methyl sites for hydroxylation is 2. The minimum Gasteiger partial charge on any atom is -0.345 e. The van der Waals surface area contributed by atoms with E-state index in [1.54, 1.807) is 12.1 Å². The number of aromatic nitrogens is 4. The van der Waals surface area contributed by atoms with E-state index in [2.05, 4.69) is 20.5 Å². The molecule has 6 nitrogen and oxygen atoms in total. The highest BCUT2D eigenvalue weighted by molar-refractivity contribution is 6.42. The lowest BCUT2D eigenvalue weighted by Crippen LogP contribution is -2.24. The van der Waals surface area contributed by atoms with Crippen LogP contribution >= 0.6 is 23.2 Å². The van der Waals surface area contributed by atoms with E-state index < -0.39 is 0 Å². The molecule has 0 saturated carbocycles. The zero-order valence-electron chi connectivity index (χ0n) is 12.5. The first kappa shape index (κ1) is 15.7. The van der Waals surface area contributed by atoms with Crippen molar-refractivity contribution in [1.82, 2.24) is 24.9 Å². The van der Waals surface area contributed by atoms with Crippen LogP contribution in [0.4, 0.5) is 0 Å². The van der Waals surface area contributed by atoms with Gasteiger partial charge in [-0.2, -0.15) is 0 Å². The van der Waals surface area contributed by atoms with Crippen molar-refractivity contribution >= 4 is 34.9 Å². The summed E-state index contributed by atoms with van der Waals surface area (Å²) in [6, 6.07) is 6.65. The zero-order chi connectivity index (χ0) is 16.6. The van der Waals surface area contributed by atoms with E-state index in [0.29, 0.717) is 27.2 Å². The van der Waals surface area contributed by atoms with Crippen LogP contribution in [0, 0.1) is 13.8 Å². The molecule has 0 aliphatic rings. The van der Waals surface area contributed by atoms with Crippen LogP contribution in [0.3, 0.4) is 0 Å². The van der Waals surface area contributed by atoms with E-state index in [1.165, 1.54) is 6.07 Å². The SMILES string of the molecule is Cc1cc(C)n2c(CNC(=O)c3ccc(Cl)c(Cl)c3)nnc2n1. The lowest BCUT2D eigenvalue weighted by Gasteiger charge is -2.07. The van der Waals surface area contributed by atoms with Crippen molar-refractivity contribution < 1.29 is 4.79 Å². The summed E-state index contributed by atoms with van der Waals surface area (Å²) >= 11 is 11.8. The molecule has 3 rings (SSSR count). The fraction of sp³-hybridized carbons (Fsp3) is 0.200. The Bertz CT molecular complexity index is 906. The van der Waals surface area contributed by atoms with Crippen LogP contribution in [0.2, 0.25) is 10.0 Å². The van der Waals surface area contributed by atoms with Gasteiger partial charge in [-0.1, -0.05) is 23.2 Å². The van der Waals surface area contributed by atoms with Gasteiger partial charge < -0.3 is 5.32 Å². The van der Waals surface area contributed by atoms with Crippen molar-refractivity contribution in [2.75, 3.05) is 0 Å². The number of fused-ring (bicyclic) bond motifs is 1. The third kappa shape index (κ3) is 3.13. The van der Waals surface area contributed by atoms with Gasteiger partial charge in [0.1, 0.15) is 0 Å². The van der Waals surface area contributed by atoms with Gasteiger partial charge in [0.05, 0.1) is 16.6 Å². The molecule has 1 N–H and O–H groups in total. The number of amides is 1. The number of benzene rings is 1. The van der Waals surface area contributed by atoms with Crippen LogP contribution in [0.25, 0.3) is 5.78 Å². The highest BCUT2D eigenvalue weighted by atomic mass is 35.5. The van der Waals surface area contributed by atoms with Crippen LogP contribution in [-0.4, -0.2) is 25.5 Å². The summed E-state index contributed by atoms with van der Waals surface area (Å²) in [6.45, 7) is 4.06. The van der Waals surface area contributed by atoms with Crippen LogP contribution in [0.5, 0.6) is 0 Å². The number of nitrogens with zero attached hydrogens (tertiary/aromatic N) is 4. The molecular formula is C15H13Cl2N5O. The molecule has 0 bridgehead atoms. The van der Waals surface area contributed by atoms with Crippen LogP contribution < -0.4 is 5.32 Å². The second-order valence-electron chi connectivity index (χ2n) is 5.10. The summed E-state index contributed by atoms with van der Waals surface area (Å²) in [7, 11) is 0. The summed E-state index contributed by atoms with van der Waals surface area (Å²) in [4.78, 5) is 16.5. The Hall–Kier alpha value is -2.18. The van der Waals surface area contributed by atoms with Crippen molar-refractivity contribution in [1.29, 1.82) is 0 Å². The Morgan fingerprint density at radius 2 is 1.96 bits per heavy atom. The molecule has 2 heterocycles. The largest absolute Gasteiger partial charge is 0.345 e. The standard InChI is InChI=1S/C15H13Cl2N5O/c1-8-5-9(2)22-13(20-21-15(22)19-8)7-18-14(23)10-3-4-11(16)12(17)6-10/h3-6H,7H2,1-2H3,(H,18,23). The summed E-state index contributed by atoms with van der Waals surface area (Å²) in [5.74, 6) is 0.859. The average Bonchev–Trinajstić information content (AvgIpc) is 2.90. The van der Waals surface area contributed by atoms with Gasteiger partial charge in [0.2, 0.25) is 0 Å². The van der Waals surface area contributed by atoms with Crippen LogP contribution in [-0.2, 0) is 6.54 Å². The maximum Gasteiger partial charge on any atom is 0.255 e. The van der Waals surface area contributed by atoms with Gasteiger partial charge in [0.25, 0.3) is 11.7 Å². The molecule has 8 heteroatoms. The highest BCUT2D eigenvalue weighted by Crippen LogP contribution is 2.22. The molecule has 0 spiro atoms. The van der Waals surface area contributed by atoms with Crippen molar-refractivity contribution in [3.8, 4) is 0 Å². The van der Waals surface area contributed by atoms with E-state index >= 15 is 0 Å². The number of rotatable bonds is 3. The number of hydrogen-bond acceptors (Lipinski definition) is 4. The number of halogens is 2. The number of carbonyl (C=O) groups is 1. The first-order valence-electron chi connectivity index (χ1n) is 6.87. The molecular weight excluding hydrogens is 337 g/mol. The zero-order valence-corrected chi connectivity index (χ0v) is 14.0. The van der Waals surface area contributed by atoms with Gasteiger partial charge in [-0.15, -0.1) is 10.2 Å². The number of hydrogen-bond donors (Lipinski definition) is 1. The molecule has 0 radical (unpaired) electrons. The molecule has 1 aromatic carbocycles. The molecule has 2 aromatic heterocycles. The first-order chi connectivity index (χ1) is 11.0. The predicted molar refractivity (Wildman–Crippen MR) is 87.9 cm³/mol. The van der Waals surface area contributed by atoms with E-state index in [9.17, 15) is 4.79 Å². The monoisotopic (exact) mass is 349 g/mol. The van der Waals surface area contributed by atoms with E-state index in [-0.39, 0.29) is 12.5 Å². The van der Waals surface area contributed by atoms with Crippen molar-refractivity contribution in [2.45, 2.75) is 20.4 Å². The van der Waals surface area contributed by atoms with Gasteiger partial charge in [-0.05, 0) is 38.1 Å². The summed E-state index contributed by atoms with van der Waals surface area (Å²) < 4.78 is 1.81. The Balaban J connectivity index is 1.80. The van der Waals surface area contributed by atoms with Crippen molar-refractivity contribution in [2.24, 2.45) is 0 Å². The smallest absolute Gasteiger partial charge is 0.255 e. The molecule has 1 amide bonds. The molecule has 118 valence electrons. The molecule has 0 aliphatic heterocycles. The molecule has 23 heavy (non-hydrogen) atoms. The Morgan fingerprint density at radius 1 is 1.17 bits per heavy atom. The lowest BCUT2D eigenvalue weighted by atomic mass is 10.2. The minimum atomic E-state index is -0.266. The Morgan fingerprint density at radius 3 is 2.70 bits per heavy atom. The van der Waals surface area contributed by atoms with Gasteiger partial charge in [0, 0.05) is 17.0 Å². The fourth-order valence-corrected chi connectivity index (χ4v) is 2.61. The Labute approximate surface area is 142 Å². The molecule has 0 fully saturated rings. The van der Waals surface area contributed by atoms with E-state index in [0.717, 1.165) is 11.4 Å². The molecule has 3 aromatic rings. The van der Waals surface area contributed by atoms with Gasteiger partial charge in [0.15, 0.2) is 5.82 Å². The number of carbonyl (C=O) groups excluding carboxylic acids is 1. The van der Waals surface area contributed by atoms with Gasteiger partial charge in [-0.25, -0.2) is 4.98 Å². The number of nitrogens with one attached hydrogen (secondary N) is 1. The minimum absolute atomic E-state index is 0.228. The van der Waals surface area contributed by atoms with Crippen molar-refractivity contribution in [3.05, 3.63) is 57.1 Å². The molecule has 0 unspecified atom stereocenters. The topological polar surface area (TPSA) is 72.2 Å². The van der Waals surface area contributed by atoms with Crippen LogP contribution in [0.1, 0.15) is 27.6 Å². The Kier molecular flexibility index (Phi) is 4.19. The van der Waals surface area contributed by atoms with Gasteiger partial charge >= 0.3 is 0 Å². The maximum absolute atomic E-state index is 12.2. The average molecular weight is 350 g/mol. The highest BCUT2D eigenvalue weighted by Gasteiger charge is 2.12. The maximum atomic E-state index is 12.2. The van der Waals surface area contributed by atoms with E-state index in [4.69, 9.17) is 23.2 Å². The summed E-state index contributed by atoms with van der Waals surface area (Å²) in [5.41, 5.74) is 2.25. The molecule has 0 saturated heterocycles. The molecule has 0 aliphatic carbocycles. The van der Waals surface area contributed by atoms with E-state index in [1.807, 2.05) is 24.3 Å². The fourth-order valence-electron chi connectivity index (χ4n) is 2.31. The summed E-state index contributed by atoms with van der Waals surface area (Å²) in [6.07, 6.45) is 0. The quantitative estimate of drug-likeness (QED) is 0.788. The van der Waals surface area contributed by atoms with Crippen molar-refractivity contribution in [3.63, 3.8) is 0 Å². The van der Waals surface area contributed by atoms with Gasteiger partial charge in [-0.3, -0.25) is 9.20 Å². The normalized spacial score (nSPS) is 11.0. The third-order valence-corrected chi connectivity index (χ3v) is 4.09. The predicted octanol–water partition coefficient (Wildman–Crippen LogP) is 2.98.